The Morgan fingerprint density at radius 1 is 0.952 bits per heavy atom. The Balaban J connectivity index is 2.52. The van der Waals surface area contributed by atoms with Gasteiger partial charge in [-0.15, -0.1) is 0 Å². The lowest BCUT2D eigenvalue weighted by Gasteiger charge is -2.27. The summed E-state index contributed by atoms with van der Waals surface area (Å²) in [5.74, 6) is 0.513. The normalized spacial score (nSPS) is 12.0. The van der Waals surface area contributed by atoms with Crippen molar-refractivity contribution in [2.75, 3.05) is 0 Å². The molecule has 2 heterocycles. The van der Waals surface area contributed by atoms with Gasteiger partial charge in [-0.05, 0) is 55.5 Å². The highest BCUT2D eigenvalue weighted by Gasteiger charge is 2.27. The van der Waals surface area contributed by atoms with Gasteiger partial charge in [0, 0.05) is 23.0 Å². The molecule has 2 rings (SSSR count). The molecule has 2 heteroatoms. The second-order valence-corrected chi connectivity index (χ2v) is 6.85. The maximum Gasteiger partial charge on any atom is 0.0532 e. The van der Waals surface area contributed by atoms with Crippen molar-refractivity contribution < 1.29 is 0 Å². The fourth-order valence-corrected chi connectivity index (χ4v) is 2.90. The first-order valence-electron chi connectivity index (χ1n) is 7.64. The molecule has 0 N–H and O–H groups in total. The van der Waals surface area contributed by atoms with Crippen LogP contribution in [0.5, 0.6) is 0 Å². The average Bonchev–Trinajstić information content (AvgIpc) is 2.36. The van der Waals surface area contributed by atoms with Crippen molar-refractivity contribution in [2.45, 2.75) is 59.8 Å². The van der Waals surface area contributed by atoms with E-state index < -0.39 is 0 Å². The topological polar surface area (TPSA) is 25.8 Å². The van der Waals surface area contributed by atoms with E-state index in [4.69, 9.17) is 4.98 Å². The van der Waals surface area contributed by atoms with Crippen LogP contribution in [0.15, 0.2) is 24.4 Å². The summed E-state index contributed by atoms with van der Waals surface area (Å²) >= 11 is 0. The SMILES string of the molecule is Cc1cc(C(C)(C)c2ncc(C(C)C)cc2C)cc(C)n1. The molecule has 0 amide bonds. The Bertz CT molecular complexity index is 634. The highest BCUT2D eigenvalue weighted by Crippen LogP contribution is 2.33. The lowest BCUT2D eigenvalue weighted by molar-refractivity contribution is 0.606. The summed E-state index contributed by atoms with van der Waals surface area (Å²) in [5, 5.41) is 0. The largest absolute Gasteiger partial charge is 0.260 e. The lowest BCUT2D eigenvalue weighted by Crippen LogP contribution is -2.23. The third kappa shape index (κ3) is 3.15. The predicted molar refractivity (Wildman–Crippen MR) is 88.9 cm³/mol. The second kappa shape index (κ2) is 5.59. The fraction of sp³-hybridized carbons (Fsp3) is 0.474. The summed E-state index contributed by atoms with van der Waals surface area (Å²) in [7, 11) is 0. The van der Waals surface area contributed by atoms with E-state index in [1.165, 1.54) is 16.7 Å². The molecule has 0 atom stereocenters. The van der Waals surface area contributed by atoms with Crippen molar-refractivity contribution >= 4 is 0 Å². The highest BCUT2D eigenvalue weighted by molar-refractivity contribution is 5.40. The van der Waals surface area contributed by atoms with E-state index in [-0.39, 0.29) is 5.41 Å². The van der Waals surface area contributed by atoms with E-state index in [2.05, 4.69) is 71.6 Å². The van der Waals surface area contributed by atoms with Crippen molar-refractivity contribution in [1.29, 1.82) is 0 Å². The van der Waals surface area contributed by atoms with Gasteiger partial charge in [-0.2, -0.15) is 0 Å². The fourth-order valence-electron chi connectivity index (χ4n) is 2.90. The van der Waals surface area contributed by atoms with Gasteiger partial charge in [0.05, 0.1) is 5.69 Å². The quantitative estimate of drug-likeness (QED) is 0.804. The summed E-state index contributed by atoms with van der Waals surface area (Å²) in [6.45, 7) is 15.2. The lowest BCUT2D eigenvalue weighted by atomic mass is 9.79. The third-order valence-electron chi connectivity index (χ3n) is 4.16. The van der Waals surface area contributed by atoms with E-state index in [0.29, 0.717) is 5.92 Å². The Hall–Kier alpha value is -1.70. The molecular formula is C19H26N2. The van der Waals surface area contributed by atoms with Gasteiger partial charge in [0.15, 0.2) is 0 Å². The van der Waals surface area contributed by atoms with Gasteiger partial charge in [0.25, 0.3) is 0 Å². The van der Waals surface area contributed by atoms with Crippen LogP contribution < -0.4 is 0 Å². The third-order valence-corrected chi connectivity index (χ3v) is 4.16. The average molecular weight is 282 g/mol. The highest BCUT2D eigenvalue weighted by atomic mass is 14.7. The molecule has 0 fully saturated rings. The number of aromatic nitrogens is 2. The van der Waals surface area contributed by atoms with Crippen LogP contribution in [0.25, 0.3) is 0 Å². The zero-order valence-corrected chi connectivity index (χ0v) is 14.3. The van der Waals surface area contributed by atoms with Gasteiger partial charge in [0.2, 0.25) is 0 Å². The molecule has 0 unspecified atom stereocenters. The zero-order valence-electron chi connectivity index (χ0n) is 14.3. The summed E-state index contributed by atoms with van der Waals surface area (Å²) in [6, 6.07) is 6.62. The van der Waals surface area contributed by atoms with Crippen molar-refractivity contribution in [3.05, 3.63) is 58.2 Å². The number of nitrogens with zero attached hydrogens (tertiary/aromatic N) is 2. The van der Waals surface area contributed by atoms with E-state index in [1.807, 2.05) is 6.20 Å². The summed E-state index contributed by atoms with van der Waals surface area (Å²) in [4.78, 5) is 9.27. The van der Waals surface area contributed by atoms with Crippen LogP contribution in [-0.4, -0.2) is 9.97 Å². The molecule has 0 spiro atoms. The molecule has 0 aliphatic carbocycles. The minimum absolute atomic E-state index is 0.113. The number of pyridine rings is 2. The molecule has 0 bridgehead atoms. The molecule has 21 heavy (non-hydrogen) atoms. The Morgan fingerprint density at radius 3 is 2.00 bits per heavy atom. The molecule has 0 aliphatic rings. The first-order valence-corrected chi connectivity index (χ1v) is 7.64. The Morgan fingerprint density at radius 2 is 1.52 bits per heavy atom. The Kier molecular flexibility index (Phi) is 4.18. The molecule has 0 aliphatic heterocycles. The minimum atomic E-state index is -0.113. The Labute approximate surface area is 128 Å². The van der Waals surface area contributed by atoms with E-state index >= 15 is 0 Å². The summed E-state index contributed by atoms with van der Waals surface area (Å²) in [6.07, 6.45) is 2.02. The number of aryl methyl sites for hydroxylation is 3. The monoisotopic (exact) mass is 282 g/mol. The van der Waals surface area contributed by atoms with Crippen LogP contribution in [0.4, 0.5) is 0 Å². The van der Waals surface area contributed by atoms with E-state index in [1.54, 1.807) is 0 Å². The molecule has 0 saturated carbocycles. The summed E-state index contributed by atoms with van der Waals surface area (Å²) < 4.78 is 0. The molecule has 2 nitrogen and oxygen atoms in total. The van der Waals surface area contributed by atoms with Crippen LogP contribution in [0, 0.1) is 20.8 Å². The molecule has 0 aromatic carbocycles. The van der Waals surface area contributed by atoms with Crippen LogP contribution in [0.3, 0.4) is 0 Å². The van der Waals surface area contributed by atoms with Gasteiger partial charge in [0.1, 0.15) is 0 Å². The predicted octanol–water partition coefficient (Wildman–Crippen LogP) is 4.85. The molecule has 2 aromatic heterocycles. The van der Waals surface area contributed by atoms with E-state index in [9.17, 15) is 0 Å². The van der Waals surface area contributed by atoms with Crippen molar-refractivity contribution in [2.24, 2.45) is 0 Å². The molecule has 0 saturated heterocycles. The van der Waals surface area contributed by atoms with Gasteiger partial charge >= 0.3 is 0 Å². The van der Waals surface area contributed by atoms with Crippen molar-refractivity contribution in [3.63, 3.8) is 0 Å². The standard InChI is InChI=1S/C19H26N2/c1-12(2)16-8-13(3)18(20-11-16)19(6,7)17-9-14(4)21-15(5)10-17/h8-12H,1-7H3. The van der Waals surface area contributed by atoms with Gasteiger partial charge in [-0.25, -0.2) is 0 Å². The second-order valence-electron chi connectivity index (χ2n) is 6.85. The van der Waals surface area contributed by atoms with Crippen molar-refractivity contribution in [1.82, 2.24) is 9.97 Å². The van der Waals surface area contributed by atoms with Crippen LogP contribution in [-0.2, 0) is 5.41 Å². The van der Waals surface area contributed by atoms with Gasteiger partial charge in [-0.1, -0.05) is 33.8 Å². The minimum Gasteiger partial charge on any atom is -0.260 e. The maximum atomic E-state index is 4.79. The number of hydrogen-bond donors (Lipinski definition) is 0. The smallest absolute Gasteiger partial charge is 0.0532 e. The molecule has 2 aromatic rings. The number of rotatable bonds is 3. The van der Waals surface area contributed by atoms with E-state index in [0.717, 1.165) is 17.1 Å². The van der Waals surface area contributed by atoms with Crippen LogP contribution in [0.1, 0.15) is 67.4 Å². The van der Waals surface area contributed by atoms with Gasteiger partial charge < -0.3 is 0 Å². The number of hydrogen-bond acceptors (Lipinski definition) is 2. The van der Waals surface area contributed by atoms with Crippen LogP contribution in [0.2, 0.25) is 0 Å². The summed E-state index contributed by atoms with van der Waals surface area (Å²) in [5.41, 5.74) is 7.01. The molecule has 0 radical (unpaired) electrons. The van der Waals surface area contributed by atoms with Gasteiger partial charge in [-0.3, -0.25) is 9.97 Å². The molecule has 112 valence electrons. The first kappa shape index (κ1) is 15.7. The molecular weight excluding hydrogens is 256 g/mol. The van der Waals surface area contributed by atoms with Crippen molar-refractivity contribution in [3.8, 4) is 0 Å². The van der Waals surface area contributed by atoms with Crippen LogP contribution >= 0.6 is 0 Å². The zero-order chi connectivity index (χ0) is 15.8. The maximum absolute atomic E-state index is 4.79. The first-order chi connectivity index (χ1) is 9.71.